The Morgan fingerprint density at radius 3 is 2.60 bits per heavy atom. The minimum Gasteiger partial charge on any atom is -0.496 e. The van der Waals surface area contributed by atoms with Gasteiger partial charge in [0.25, 0.3) is 0 Å². The zero-order valence-electron chi connectivity index (χ0n) is 25.8. The maximum atomic E-state index is 12.5. The number of rotatable bonds is 17. The third-order valence-electron chi connectivity index (χ3n) is 7.69. The van der Waals surface area contributed by atoms with E-state index in [0.29, 0.717) is 52.0 Å². The average molecular weight is 591 g/mol. The van der Waals surface area contributed by atoms with Crippen molar-refractivity contribution in [3.8, 4) is 11.5 Å². The fourth-order valence-corrected chi connectivity index (χ4v) is 5.23. The first kappa shape index (κ1) is 32.5. The summed E-state index contributed by atoms with van der Waals surface area (Å²) in [5, 5.41) is 3.48. The molecule has 232 valence electrons. The van der Waals surface area contributed by atoms with Gasteiger partial charge in [-0.3, -0.25) is 4.79 Å². The second-order valence-electron chi connectivity index (χ2n) is 10.7. The van der Waals surface area contributed by atoms with E-state index in [1.54, 1.807) is 19.1 Å². The van der Waals surface area contributed by atoms with Crippen LogP contribution in [-0.2, 0) is 32.2 Å². The molecule has 1 aliphatic rings. The molecule has 4 rings (SSSR count). The van der Waals surface area contributed by atoms with Gasteiger partial charge in [-0.05, 0) is 61.3 Å². The summed E-state index contributed by atoms with van der Waals surface area (Å²) >= 11 is 0. The number of hydrogen-bond acceptors (Lipinski definition) is 7. The van der Waals surface area contributed by atoms with Gasteiger partial charge in [-0.1, -0.05) is 42.5 Å². The molecule has 0 saturated carbocycles. The van der Waals surface area contributed by atoms with Gasteiger partial charge in [-0.15, -0.1) is 0 Å². The SMILES string of the molecule is CCOCCC(=O)N(C)c1cccc(COC2CNCCC2c2ccc(OCCCOCc3ccccc3OC)cc2)c1. The molecular formula is C35H46N2O6. The van der Waals surface area contributed by atoms with Crippen LogP contribution in [0.5, 0.6) is 11.5 Å². The van der Waals surface area contributed by atoms with E-state index in [-0.39, 0.29) is 12.0 Å². The number of piperidine rings is 1. The van der Waals surface area contributed by atoms with Gasteiger partial charge in [0.15, 0.2) is 0 Å². The molecule has 8 nitrogen and oxygen atoms in total. The number of carbonyl (C=O) groups excluding carboxylic acids is 1. The summed E-state index contributed by atoms with van der Waals surface area (Å²) in [5.41, 5.74) is 4.21. The molecule has 1 fully saturated rings. The van der Waals surface area contributed by atoms with Crippen LogP contribution < -0.4 is 19.7 Å². The van der Waals surface area contributed by atoms with Crippen LogP contribution in [0.1, 0.15) is 48.8 Å². The maximum Gasteiger partial charge on any atom is 0.229 e. The van der Waals surface area contributed by atoms with E-state index in [1.165, 1.54) is 5.56 Å². The van der Waals surface area contributed by atoms with Crippen molar-refractivity contribution >= 4 is 11.6 Å². The smallest absolute Gasteiger partial charge is 0.229 e. The van der Waals surface area contributed by atoms with Crippen LogP contribution in [0, 0.1) is 0 Å². The predicted octanol–water partition coefficient (Wildman–Crippen LogP) is 5.73. The normalized spacial score (nSPS) is 16.5. The second-order valence-corrected chi connectivity index (χ2v) is 10.7. The minimum atomic E-state index is 0.0351. The van der Waals surface area contributed by atoms with Crippen molar-refractivity contribution in [2.45, 2.75) is 51.4 Å². The van der Waals surface area contributed by atoms with Crippen molar-refractivity contribution in [2.75, 3.05) is 58.6 Å². The highest BCUT2D eigenvalue weighted by Gasteiger charge is 2.27. The number of hydrogen-bond donors (Lipinski definition) is 1. The van der Waals surface area contributed by atoms with Gasteiger partial charge in [0.2, 0.25) is 5.91 Å². The lowest BCUT2D eigenvalue weighted by molar-refractivity contribution is -0.119. The van der Waals surface area contributed by atoms with Crippen LogP contribution in [-0.4, -0.2) is 65.7 Å². The molecule has 2 unspecified atom stereocenters. The topological polar surface area (TPSA) is 78.5 Å². The molecule has 0 bridgehead atoms. The van der Waals surface area contributed by atoms with Crippen molar-refractivity contribution < 1.29 is 28.5 Å². The van der Waals surface area contributed by atoms with E-state index in [1.807, 2.05) is 67.6 Å². The number of carbonyl (C=O) groups is 1. The summed E-state index contributed by atoms with van der Waals surface area (Å²) in [6, 6.07) is 24.3. The van der Waals surface area contributed by atoms with Crippen LogP contribution in [0.4, 0.5) is 5.69 Å². The monoisotopic (exact) mass is 590 g/mol. The number of ether oxygens (including phenoxy) is 5. The third-order valence-corrected chi connectivity index (χ3v) is 7.69. The Morgan fingerprint density at radius 1 is 0.953 bits per heavy atom. The molecule has 43 heavy (non-hydrogen) atoms. The summed E-state index contributed by atoms with van der Waals surface area (Å²) in [6.07, 6.45) is 2.23. The molecule has 1 N–H and O–H groups in total. The van der Waals surface area contributed by atoms with Crippen molar-refractivity contribution in [3.05, 3.63) is 89.5 Å². The third kappa shape index (κ3) is 10.1. The van der Waals surface area contributed by atoms with Gasteiger partial charge in [0.1, 0.15) is 11.5 Å². The van der Waals surface area contributed by atoms with Gasteiger partial charge in [-0.2, -0.15) is 0 Å². The Hall–Kier alpha value is -3.43. The van der Waals surface area contributed by atoms with Crippen LogP contribution in [0.25, 0.3) is 0 Å². The number of para-hydroxylation sites is 1. The fourth-order valence-electron chi connectivity index (χ4n) is 5.23. The number of benzene rings is 3. The van der Waals surface area contributed by atoms with Gasteiger partial charge < -0.3 is 33.9 Å². The van der Waals surface area contributed by atoms with Crippen molar-refractivity contribution in [2.24, 2.45) is 0 Å². The molecule has 1 saturated heterocycles. The molecule has 0 aromatic heterocycles. The Bertz CT molecular complexity index is 1250. The molecular weight excluding hydrogens is 544 g/mol. The highest BCUT2D eigenvalue weighted by Crippen LogP contribution is 2.30. The molecule has 0 spiro atoms. The van der Waals surface area contributed by atoms with Crippen LogP contribution >= 0.6 is 0 Å². The molecule has 2 atom stereocenters. The molecule has 1 amide bonds. The maximum absolute atomic E-state index is 12.5. The number of nitrogens with zero attached hydrogens (tertiary/aromatic N) is 1. The number of nitrogens with one attached hydrogen (secondary N) is 1. The van der Waals surface area contributed by atoms with Crippen molar-refractivity contribution in [1.29, 1.82) is 0 Å². The first-order valence-corrected chi connectivity index (χ1v) is 15.3. The van der Waals surface area contributed by atoms with Gasteiger partial charge in [0.05, 0.1) is 52.7 Å². The van der Waals surface area contributed by atoms with Crippen molar-refractivity contribution in [1.82, 2.24) is 5.32 Å². The van der Waals surface area contributed by atoms with E-state index < -0.39 is 0 Å². The number of amides is 1. The molecule has 3 aromatic carbocycles. The fraction of sp³-hybridized carbons (Fsp3) is 0.457. The molecule has 1 aliphatic heterocycles. The largest absolute Gasteiger partial charge is 0.496 e. The summed E-state index contributed by atoms with van der Waals surface area (Å²) < 4.78 is 28.9. The second kappa shape index (κ2) is 17.6. The van der Waals surface area contributed by atoms with E-state index in [2.05, 4.69) is 17.4 Å². The van der Waals surface area contributed by atoms with Crippen molar-refractivity contribution in [3.63, 3.8) is 0 Å². The van der Waals surface area contributed by atoms with Gasteiger partial charge in [0, 0.05) is 43.8 Å². The zero-order chi connectivity index (χ0) is 30.3. The Morgan fingerprint density at radius 2 is 1.79 bits per heavy atom. The molecule has 1 heterocycles. The van der Waals surface area contributed by atoms with E-state index >= 15 is 0 Å². The summed E-state index contributed by atoms with van der Waals surface area (Å²) in [4.78, 5) is 14.2. The Balaban J connectivity index is 1.22. The van der Waals surface area contributed by atoms with Crippen LogP contribution in [0.2, 0.25) is 0 Å². The lowest BCUT2D eigenvalue weighted by Crippen LogP contribution is -2.40. The van der Waals surface area contributed by atoms with E-state index in [9.17, 15) is 4.79 Å². The molecule has 0 aliphatic carbocycles. The Labute approximate surface area is 256 Å². The van der Waals surface area contributed by atoms with Gasteiger partial charge >= 0.3 is 0 Å². The first-order valence-electron chi connectivity index (χ1n) is 15.3. The first-order chi connectivity index (χ1) is 21.1. The molecule has 8 heteroatoms. The quantitative estimate of drug-likeness (QED) is 0.201. The van der Waals surface area contributed by atoms with E-state index in [0.717, 1.165) is 54.2 Å². The zero-order valence-corrected chi connectivity index (χ0v) is 25.8. The van der Waals surface area contributed by atoms with Gasteiger partial charge in [-0.25, -0.2) is 0 Å². The highest BCUT2D eigenvalue weighted by atomic mass is 16.5. The summed E-state index contributed by atoms with van der Waals surface area (Å²) in [7, 11) is 3.48. The lowest BCUT2D eigenvalue weighted by Gasteiger charge is -2.32. The van der Waals surface area contributed by atoms with E-state index in [4.69, 9.17) is 23.7 Å². The molecule has 0 radical (unpaired) electrons. The number of methoxy groups -OCH3 is 1. The number of anilines is 1. The Kier molecular flexibility index (Phi) is 13.3. The van der Waals surface area contributed by atoms with Crippen LogP contribution in [0.15, 0.2) is 72.8 Å². The highest BCUT2D eigenvalue weighted by molar-refractivity contribution is 5.92. The summed E-state index contributed by atoms with van der Waals surface area (Å²) in [6.45, 7) is 6.96. The van der Waals surface area contributed by atoms with Crippen LogP contribution in [0.3, 0.4) is 0 Å². The minimum absolute atomic E-state index is 0.0351. The predicted molar refractivity (Wildman–Crippen MR) is 169 cm³/mol. The average Bonchev–Trinajstić information content (AvgIpc) is 3.06. The summed E-state index contributed by atoms with van der Waals surface area (Å²) in [5.74, 6) is 2.04. The molecule has 3 aromatic rings. The standard InChI is InChI=1S/C35H46N2O6/c1-4-40-22-18-35(38)37(2)30-11-7-9-27(23-30)25-43-34-24-36-19-17-32(34)28-13-15-31(16-14-28)42-21-8-20-41-26-29-10-5-6-12-33(29)39-3/h5-7,9-16,23,32,34,36H,4,8,17-22,24-26H2,1-3H3. The lowest BCUT2D eigenvalue weighted by atomic mass is 9.87.